The first-order valence-corrected chi connectivity index (χ1v) is 5.77. The third-order valence-corrected chi connectivity index (χ3v) is 3.17. The van der Waals surface area contributed by atoms with Crippen LogP contribution >= 0.6 is 0 Å². The Kier molecular flexibility index (Phi) is 3.39. The van der Waals surface area contributed by atoms with Gasteiger partial charge in [0, 0.05) is 0 Å². The van der Waals surface area contributed by atoms with Gasteiger partial charge in [-0.25, -0.2) is 0 Å². The minimum Gasteiger partial charge on any atom is -0.103 e. The van der Waals surface area contributed by atoms with Crippen molar-refractivity contribution in [1.82, 2.24) is 0 Å². The average Bonchev–Trinajstić information content (AvgIpc) is 2.55. The third kappa shape index (κ3) is 2.59. The third-order valence-electron chi connectivity index (χ3n) is 3.17. The first-order chi connectivity index (χ1) is 7.40. The number of hydrogen-bond acceptors (Lipinski definition) is 0. The van der Waals surface area contributed by atoms with E-state index in [1.807, 2.05) is 0 Å². The molecule has 1 unspecified atom stereocenters. The lowest BCUT2D eigenvalue weighted by molar-refractivity contribution is 0.589. The van der Waals surface area contributed by atoms with E-state index in [2.05, 4.69) is 49.1 Å². The summed E-state index contributed by atoms with van der Waals surface area (Å²) in [5, 5.41) is 0. The van der Waals surface area contributed by atoms with Gasteiger partial charge in [0.15, 0.2) is 0 Å². The van der Waals surface area contributed by atoms with Crippen LogP contribution in [0.2, 0.25) is 0 Å². The molecule has 0 nitrogen and oxygen atoms in total. The van der Waals surface area contributed by atoms with Gasteiger partial charge in [-0.15, -0.1) is 6.58 Å². The van der Waals surface area contributed by atoms with Gasteiger partial charge >= 0.3 is 0 Å². The molecule has 0 fully saturated rings. The van der Waals surface area contributed by atoms with Crippen molar-refractivity contribution in [2.24, 2.45) is 5.92 Å². The number of hydrogen-bond donors (Lipinski definition) is 0. The fraction of sp³-hybridized carbons (Fsp3) is 0.333. The first-order valence-electron chi connectivity index (χ1n) is 5.77. The Morgan fingerprint density at radius 1 is 1.20 bits per heavy atom. The molecule has 0 spiro atoms. The van der Waals surface area contributed by atoms with Crippen molar-refractivity contribution in [3.8, 4) is 0 Å². The molecular formula is C15H18. The Morgan fingerprint density at radius 2 is 2.00 bits per heavy atom. The highest BCUT2D eigenvalue weighted by Crippen LogP contribution is 2.28. The number of benzene rings is 1. The van der Waals surface area contributed by atoms with Crippen molar-refractivity contribution >= 4 is 5.57 Å². The van der Waals surface area contributed by atoms with Gasteiger partial charge in [0.05, 0.1) is 0 Å². The summed E-state index contributed by atoms with van der Waals surface area (Å²) in [6.45, 7) is 3.89. The predicted molar refractivity (Wildman–Crippen MR) is 66.6 cm³/mol. The van der Waals surface area contributed by atoms with E-state index in [-0.39, 0.29) is 0 Å². The average molecular weight is 198 g/mol. The van der Waals surface area contributed by atoms with Gasteiger partial charge in [0.1, 0.15) is 0 Å². The molecule has 1 aromatic carbocycles. The smallest absolute Gasteiger partial charge is 0.0201 e. The molecule has 1 atom stereocenters. The van der Waals surface area contributed by atoms with Gasteiger partial charge < -0.3 is 0 Å². The largest absolute Gasteiger partial charge is 0.103 e. The SMILES string of the molecule is C=CC1CC=C(c2ccccc2)CCC1. The highest BCUT2D eigenvalue weighted by atomic mass is 14.1. The van der Waals surface area contributed by atoms with Crippen LogP contribution in [0.25, 0.3) is 5.57 Å². The van der Waals surface area contributed by atoms with Gasteiger partial charge in [0.2, 0.25) is 0 Å². The molecular weight excluding hydrogens is 180 g/mol. The van der Waals surface area contributed by atoms with Crippen LogP contribution in [0.3, 0.4) is 0 Å². The van der Waals surface area contributed by atoms with Crippen molar-refractivity contribution in [1.29, 1.82) is 0 Å². The van der Waals surface area contributed by atoms with E-state index >= 15 is 0 Å². The molecule has 1 aliphatic carbocycles. The number of rotatable bonds is 2. The van der Waals surface area contributed by atoms with Crippen LogP contribution < -0.4 is 0 Å². The second-order valence-corrected chi connectivity index (χ2v) is 4.22. The van der Waals surface area contributed by atoms with E-state index in [1.54, 1.807) is 0 Å². The van der Waals surface area contributed by atoms with Gasteiger partial charge in [-0.2, -0.15) is 0 Å². The second kappa shape index (κ2) is 4.97. The first kappa shape index (κ1) is 10.2. The molecule has 0 saturated carbocycles. The highest BCUT2D eigenvalue weighted by Gasteiger charge is 2.10. The van der Waals surface area contributed by atoms with Crippen LogP contribution in [0, 0.1) is 5.92 Å². The lowest BCUT2D eigenvalue weighted by Gasteiger charge is -2.04. The van der Waals surface area contributed by atoms with E-state index in [1.165, 1.54) is 30.4 Å². The van der Waals surface area contributed by atoms with Crippen LogP contribution in [0.15, 0.2) is 49.1 Å². The van der Waals surface area contributed by atoms with E-state index in [0.29, 0.717) is 5.92 Å². The van der Waals surface area contributed by atoms with Crippen molar-refractivity contribution in [3.63, 3.8) is 0 Å². The monoisotopic (exact) mass is 198 g/mol. The fourth-order valence-corrected chi connectivity index (χ4v) is 2.20. The quantitative estimate of drug-likeness (QED) is 0.616. The maximum atomic E-state index is 3.89. The summed E-state index contributed by atoms with van der Waals surface area (Å²) in [6, 6.07) is 10.7. The molecule has 78 valence electrons. The molecule has 1 aromatic rings. The fourth-order valence-electron chi connectivity index (χ4n) is 2.20. The zero-order valence-corrected chi connectivity index (χ0v) is 9.15. The summed E-state index contributed by atoms with van der Waals surface area (Å²) < 4.78 is 0. The second-order valence-electron chi connectivity index (χ2n) is 4.22. The van der Waals surface area contributed by atoms with E-state index in [9.17, 15) is 0 Å². The Morgan fingerprint density at radius 3 is 2.73 bits per heavy atom. The Balaban J connectivity index is 2.16. The van der Waals surface area contributed by atoms with Crippen LogP contribution in [-0.2, 0) is 0 Å². The highest BCUT2D eigenvalue weighted by molar-refractivity contribution is 5.65. The molecule has 2 rings (SSSR count). The lowest BCUT2D eigenvalue weighted by atomic mass is 10.0. The zero-order valence-electron chi connectivity index (χ0n) is 9.15. The molecule has 0 saturated heterocycles. The normalized spacial score (nSPS) is 21.6. The lowest BCUT2D eigenvalue weighted by Crippen LogP contribution is -1.90. The standard InChI is InChI=1S/C15H18/c1-2-13-7-6-10-15(12-11-13)14-8-4-3-5-9-14/h2-5,8-9,12-13H,1,6-7,10-11H2. The Bertz CT molecular complexity index is 346. The summed E-state index contributed by atoms with van der Waals surface area (Å²) in [5.41, 5.74) is 2.90. The Hall–Kier alpha value is -1.30. The van der Waals surface area contributed by atoms with Crippen LogP contribution in [0.5, 0.6) is 0 Å². The molecule has 15 heavy (non-hydrogen) atoms. The van der Waals surface area contributed by atoms with Crippen LogP contribution in [0.1, 0.15) is 31.2 Å². The minimum absolute atomic E-state index is 0.686. The minimum atomic E-state index is 0.686. The topological polar surface area (TPSA) is 0 Å². The number of allylic oxidation sites excluding steroid dienone is 3. The predicted octanol–water partition coefficient (Wildman–Crippen LogP) is 4.45. The summed E-state index contributed by atoms with van der Waals surface area (Å²) in [6.07, 6.45) is 9.45. The molecule has 0 aliphatic heterocycles. The Labute approximate surface area is 92.3 Å². The van der Waals surface area contributed by atoms with Crippen molar-refractivity contribution in [3.05, 3.63) is 54.6 Å². The molecule has 0 aromatic heterocycles. The summed E-state index contributed by atoms with van der Waals surface area (Å²) >= 11 is 0. The van der Waals surface area contributed by atoms with Gasteiger partial charge in [0.25, 0.3) is 0 Å². The van der Waals surface area contributed by atoms with E-state index in [4.69, 9.17) is 0 Å². The molecule has 0 amide bonds. The molecule has 0 heteroatoms. The maximum Gasteiger partial charge on any atom is -0.0201 e. The van der Waals surface area contributed by atoms with E-state index in [0.717, 1.165) is 6.42 Å². The van der Waals surface area contributed by atoms with Gasteiger partial charge in [-0.1, -0.05) is 42.5 Å². The van der Waals surface area contributed by atoms with Crippen molar-refractivity contribution in [2.45, 2.75) is 25.7 Å². The maximum absolute atomic E-state index is 3.89. The zero-order chi connectivity index (χ0) is 10.5. The summed E-state index contributed by atoms with van der Waals surface area (Å²) in [7, 11) is 0. The van der Waals surface area contributed by atoms with Crippen molar-refractivity contribution < 1.29 is 0 Å². The summed E-state index contributed by atoms with van der Waals surface area (Å²) in [5.74, 6) is 0.686. The molecule has 0 heterocycles. The molecule has 1 aliphatic rings. The van der Waals surface area contributed by atoms with Crippen LogP contribution in [0.4, 0.5) is 0 Å². The molecule has 0 N–H and O–H groups in total. The summed E-state index contributed by atoms with van der Waals surface area (Å²) in [4.78, 5) is 0. The molecule has 0 bridgehead atoms. The van der Waals surface area contributed by atoms with Crippen molar-refractivity contribution in [2.75, 3.05) is 0 Å². The molecule has 0 radical (unpaired) electrons. The van der Waals surface area contributed by atoms with Gasteiger partial charge in [-0.3, -0.25) is 0 Å². The van der Waals surface area contributed by atoms with Gasteiger partial charge in [-0.05, 0) is 42.7 Å². The van der Waals surface area contributed by atoms with Crippen LogP contribution in [-0.4, -0.2) is 0 Å². The van der Waals surface area contributed by atoms with E-state index < -0.39 is 0 Å².